The van der Waals surface area contributed by atoms with Gasteiger partial charge in [0.15, 0.2) is 0 Å². The summed E-state index contributed by atoms with van der Waals surface area (Å²) in [5.41, 5.74) is 2.62. The van der Waals surface area contributed by atoms with Gasteiger partial charge in [0, 0.05) is 12.6 Å². The van der Waals surface area contributed by atoms with E-state index in [0.29, 0.717) is 6.04 Å². The second-order valence-corrected chi connectivity index (χ2v) is 5.55. The largest absolute Gasteiger partial charge is 0.306 e. The fourth-order valence-corrected chi connectivity index (χ4v) is 2.77. The molecule has 22 heavy (non-hydrogen) atoms. The average Bonchev–Trinajstić information content (AvgIpc) is 2.59. The van der Waals surface area contributed by atoms with E-state index < -0.39 is 0 Å². The molecular weight excluding hydrogens is 266 g/mol. The molecule has 110 valence electrons. The zero-order valence-corrected chi connectivity index (χ0v) is 12.7. The molecule has 3 rings (SSSR count). The molecule has 0 amide bonds. The van der Waals surface area contributed by atoms with Crippen LogP contribution in [0.25, 0.3) is 10.8 Å². The van der Waals surface area contributed by atoms with Crippen molar-refractivity contribution >= 4 is 10.8 Å². The lowest BCUT2D eigenvalue weighted by molar-refractivity contribution is 0.539. The lowest BCUT2D eigenvalue weighted by Gasteiger charge is -2.18. The first-order valence-corrected chi connectivity index (χ1v) is 7.74. The topological polar surface area (TPSA) is 12.0 Å². The molecule has 0 spiro atoms. The molecule has 3 aromatic rings. The fraction of sp³-hybridized carbons (Fsp3) is 0.143. The van der Waals surface area contributed by atoms with Crippen LogP contribution in [-0.4, -0.2) is 0 Å². The standard InChI is InChI=1S/C21H21N/c1-2-8-21(22-16-17-9-4-3-5-10-17)20-14-13-18-11-6-7-12-19(18)15-20/h2-7,9-15,21-22H,1,8,16H2/t21-/m1/s1. The van der Waals surface area contributed by atoms with E-state index in [0.717, 1.165) is 13.0 Å². The van der Waals surface area contributed by atoms with Crippen molar-refractivity contribution in [3.8, 4) is 0 Å². The predicted octanol–water partition coefficient (Wildman–Crippen LogP) is 5.25. The molecule has 1 heteroatoms. The number of benzene rings is 3. The Morgan fingerprint density at radius 2 is 1.59 bits per heavy atom. The predicted molar refractivity (Wildman–Crippen MR) is 94.8 cm³/mol. The molecule has 0 unspecified atom stereocenters. The highest BCUT2D eigenvalue weighted by atomic mass is 14.9. The smallest absolute Gasteiger partial charge is 0.0358 e. The molecule has 0 saturated carbocycles. The van der Waals surface area contributed by atoms with Gasteiger partial charge in [-0.3, -0.25) is 0 Å². The zero-order chi connectivity index (χ0) is 15.2. The molecule has 0 radical (unpaired) electrons. The van der Waals surface area contributed by atoms with Gasteiger partial charge in [-0.2, -0.15) is 0 Å². The summed E-state index contributed by atoms with van der Waals surface area (Å²) in [7, 11) is 0. The molecule has 0 aliphatic carbocycles. The summed E-state index contributed by atoms with van der Waals surface area (Å²) in [6, 6.07) is 26.0. The summed E-state index contributed by atoms with van der Waals surface area (Å²) >= 11 is 0. The van der Waals surface area contributed by atoms with Crippen LogP contribution in [-0.2, 0) is 6.54 Å². The van der Waals surface area contributed by atoms with Crippen LogP contribution in [0, 0.1) is 0 Å². The van der Waals surface area contributed by atoms with E-state index in [2.05, 4.69) is 78.6 Å². The molecule has 0 aliphatic heterocycles. The van der Waals surface area contributed by atoms with E-state index in [1.807, 2.05) is 12.1 Å². The van der Waals surface area contributed by atoms with Gasteiger partial charge in [0.25, 0.3) is 0 Å². The molecule has 0 aliphatic rings. The summed E-state index contributed by atoms with van der Waals surface area (Å²) in [6.07, 6.45) is 2.91. The molecule has 1 atom stereocenters. The second kappa shape index (κ2) is 7.06. The van der Waals surface area contributed by atoms with Gasteiger partial charge in [-0.15, -0.1) is 6.58 Å². The van der Waals surface area contributed by atoms with E-state index in [1.54, 1.807) is 0 Å². The Hall–Kier alpha value is -2.38. The fourth-order valence-electron chi connectivity index (χ4n) is 2.77. The minimum absolute atomic E-state index is 0.294. The highest BCUT2D eigenvalue weighted by Crippen LogP contribution is 2.23. The Morgan fingerprint density at radius 3 is 2.36 bits per heavy atom. The van der Waals surface area contributed by atoms with Crippen LogP contribution in [0.5, 0.6) is 0 Å². The van der Waals surface area contributed by atoms with Crippen LogP contribution in [0.1, 0.15) is 23.6 Å². The highest BCUT2D eigenvalue weighted by Gasteiger charge is 2.10. The third-order valence-corrected chi connectivity index (χ3v) is 3.97. The third-order valence-electron chi connectivity index (χ3n) is 3.97. The van der Waals surface area contributed by atoms with E-state index in [4.69, 9.17) is 0 Å². The van der Waals surface area contributed by atoms with Gasteiger partial charge in [0.1, 0.15) is 0 Å². The molecule has 0 aromatic heterocycles. The van der Waals surface area contributed by atoms with Crippen molar-refractivity contribution in [2.75, 3.05) is 0 Å². The molecule has 0 bridgehead atoms. The Bertz CT molecular complexity index is 746. The maximum Gasteiger partial charge on any atom is 0.0358 e. The van der Waals surface area contributed by atoms with Gasteiger partial charge in [-0.1, -0.05) is 72.8 Å². The first kappa shape index (κ1) is 14.6. The van der Waals surface area contributed by atoms with Crippen LogP contribution in [0.3, 0.4) is 0 Å². The Morgan fingerprint density at radius 1 is 0.864 bits per heavy atom. The lowest BCUT2D eigenvalue weighted by Crippen LogP contribution is -2.20. The van der Waals surface area contributed by atoms with Crippen LogP contribution < -0.4 is 5.32 Å². The summed E-state index contributed by atoms with van der Waals surface area (Å²) in [6.45, 7) is 4.77. The summed E-state index contributed by atoms with van der Waals surface area (Å²) in [5.74, 6) is 0. The summed E-state index contributed by atoms with van der Waals surface area (Å²) in [5, 5.41) is 6.22. The SMILES string of the molecule is C=CC[C@@H](NCc1ccccc1)c1ccc2ccccc2c1. The van der Waals surface area contributed by atoms with Crippen LogP contribution in [0.2, 0.25) is 0 Å². The first-order chi connectivity index (χ1) is 10.9. The van der Waals surface area contributed by atoms with Gasteiger partial charge < -0.3 is 5.32 Å². The average molecular weight is 287 g/mol. The van der Waals surface area contributed by atoms with E-state index >= 15 is 0 Å². The molecule has 0 fully saturated rings. The maximum atomic E-state index is 3.90. The van der Waals surface area contributed by atoms with Gasteiger partial charge in [0.05, 0.1) is 0 Å². The molecule has 3 aromatic carbocycles. The summed E-state index contributed by atoms with van der Waals surface area (Å²) < 4.78 is 0. The van der Waals surface area contributed by atoms with E-state index in [9.17, 15) is 0 Å². The molecule has 1 nitrogen and oxygen atoms in total. The Kier molecular flexibility index (Phi) is 4.67. The first-order valence-electron chi connectivity index (χ1n) is 7.74. The van der Waals surface area contributed by atoms with Crippen LogP contribution >= 0.6 is 0 Å². The van der Waals surface area contributed by atoms with Crippen molar-refractivity contribution in [2.24, 2.45) is 0 Å². The maximum absolute atomic E-state index is 3.90. The summed E-state index contributed by atoms with van der Waals surface area (Å²) in [4.78, 5) is 0. The van der Waals surface area contributed by atoms with Crippen molar-refractivity contribution in [1.82, 2.24) is 5.32 Å². The van der Waals surface area contributed by atoms with Crippen molar-refractivity contribution in [3.63, 3.8) is 0 Å². The number of hydrogen-bond acceptors (Lipinski definition) is 1. The van der Waals surface area contributed by atoms with Gasteiger partial charge in [0.2, 0.25) is 0 Å². The number of fused-ring (bicyclic) bond motifs is 1. The second-order valence-electron chi connectivity index (χ2n) is 5.55. The number of rotatable bonds is 6. The normalized spacial score (nSPS) is 12.2. The van der Waals surface area contributed by atoms with Gasteiger partial charge in [-0.25, -0.2) is 0 Å². The molecule has 1 N–H and O–H groups in total. The van der Waals surface area contributed by atoms with Crippen molar-refractivity contribution in [2.45, 2.75) is 19.0 Å². The monoisotopic (exact) mass is 287 g/mol. The Labute approximate surface area is 132 Å². The van der Waals surface area contributed by atoms with E-state index in [-0.39, 0.29) is 0 Å². The van der Waals surface area contributed by atoms with Crippen molar-refractivity contribution in [3.05, 3.63) is 96.6 Å². The van der Waals surface area contributed by atoms with Crippen molar-refractivity contribution in [1.29, 1.82) is 0 Å². The molecular formula is C21H21N. The van der Waals surface area contributed by atoms with Crippen molar-refractivity contribution < 1.29 is 0 Å². The quantitative estimate of drug-likeness (QED) is 0.611. The molecule has 0 heterocycles. The Balaban J connectivity index is 1.80. The lowest BCUT2D eigenvalue weighted by atomic mass is 9.99. The zero-order valence-electron chi connectivity index (χ0n) is 12.7. The third kappa shape index (κ3) is 3.44. The highest BCUT2D eigenvalue weighted by molar-refractivity contribution is 5.83. The van der Waals surface area contributed by atoms with Gasteiger partial charge >= 0.3 is 0 Å². The number of nitrogens with one attached hydrogen (secondary N) is 1. The van der Waals surface area contributed by atoms with Crippen LogP contribution in [0.15, 0.2) is 85.5 Å². The minimum Gasteiger partial charge on any atom is -0.306 e. The molecule has 0 saturated heterocycles. The van der Waals surface area contributed by atoms with E-state index in [1.165, 1.54) is 21.9 Å². The van der Waals surface area contributed by atoms with Crippen LogP contribution in [0.4, 0.5) is 0 Å². The van der Waals surface area contributed by atoms with Gasteiger partial charge in [-0.05, 0) is 34.4 Å². The number of hydrogen-bond donors (Lipinski definition) is 1. The minimum atomic E-state index is 0.294.